The summed E-state index contributed by atoms with van der Waals surface area (Å²) in [4.78, 5) is 10.6. The Morgan fingerprint density at radius 3 is 2.35 bits per heavy atom. The minimum atomic E-state index is -1.09. The van der Waals surface area contributed by atoms with Crippen LogP contribution in [0.4, 0.5) is 11.5 Å². The summed E-state index contributed by atoms with van der Waals surface area (Å²) in [5.74, 6) is -0.593. The van der Waals surface area contributed by atoms with E-state index >= 15 is 0 Å². The first-order valence-electron chi connectivity index (χ1n) is 4.75. The van der Waals surface area contributed by atoms with Crippen LogP contribution in [0.1, 0.15) is 10.5 Å². The predicted octanol–water partition coefficient (Wildman–Crippen LogP) is 2.68. The van der Waals surface area contributed by atoms with Crippen LogP contribution in [0, 0.1) is 0 Å². The highest BCUT2D eigenvalue weighted by Crippen LogP contribution is 2.17. The molecule has 0 unspecified atom stereocenters. The Labute approximate surface area is 106 Å². The lowest BCUT2D eigenvalue weighted by Gasteiger charge is -2.04. The molecule has 17 heavy (non-hydrogen) atoms. The molecule has 0 radical (unpaired) electrons. The van der Waals surface area contributed by atoms with Crippen LogP contribution in [-0.2, 0) is 0 Å². The maximum absolute atomic E-state index is 10.6. The van der Waals surface area contributed by atoms with Gasteiger partial charge < -0.3 is 10.4 Å². The van der Waals surface area contributed by atoms with Crippen LogP contribution in [-0.4, -0.2) is 21.3 Å². The number of hydrogen-bond donors (Lipinski definition) is 2. The van der Waals surface area contributed by atoms with Crippen LogP contribution >= 0.6 is 15.9 Å². The molecule has 0 atom stereocenters. The topological polar surface area (TPSA) is 75.1 Å². The highest BCUT2D eigenvalue weighted by molar-refractivity contribution is 9.10. The molecular formula is C11H8BrN3O2. The number of aromatic carboxylic acids is 1. The monoisotopic (exact) mass is 293 g/mol. The smallest absolute Gasteiger partial charge is 0.356 e. The number of rotatable bonds is 3. The molecule has 6 heteroatoms. The SMILES string of the molecule is O=C(O)c1ccc(Nc2ccc(Br)cc2)nn1. The number of carboxylic acids is 1. The molecule has 86 valence electrons. The van der Waals surface area contributed by atoms with Crippen molar-refractivity contribution < 1.29 is 9.90 Å². The van der Waals surface area contributed by atoms with E-state index in [1.807, 2.05) is 24.3 Å². The number of carboxylic acid groups (broad SMARTS) is 1. The van der Waals surface area contributed by atoms with Gasteiger partial charge in [-0.3, -0.25) is 0 Å². The second kappa shape index (κ2) is 4.92. The minimum Gasteiger partial charge on any atom is -0.476 e. The Balaban J connectivity index is 2.13. The molecule has 1 heterocycles. The average molecular weight is 294 g/mol. The highest BCUT2D eigenvalue weighted by atomic mass is 79.9. The summed E-state index contributed by atoms with van der Waals surface area (Å²) in [7, 11) is 0. The molecular weight excluding hydrogens is 286 g/mol. The van der Waals surface area contributed by atoms with E-state index in [1.165, 1.54) is 6.07 Å². The zero-order chi connectivity index (χ0) is 12.3. The largest absolute Gasteiger partial charge is 0.476 e. The van der Waals surface area contributed by atoms with Crippen molar-refractivity contribution in [3.8, 4) is 0 Å². The van der Waals surface area contributed by atoms with Gasteiger partial charge in [0.25, 0.3) is 0 Å². The Hall–Kier alpha value is -1.95. The molecule has 0 saturated carbocycles. The second-order valence-corrected chi connectivity index (χ2v) is 4.16. The summed E-state index contributed by atoms with van der Waals surface area (Å²) in [6, 6.07) is 10.5. The van der Waals surface area contributed by atoms with E-state index in [4.69, 9.17) is 5.11 Å². The molecule has 0 bridgehead atoms. The third-order valence-electron chi connectivity index (χ3n) is 2.00. The Morgan fingerprint density at radius 2 is 1.82 bits per heavy atom. The molecule has 5 nitrogen and oxygen atoms in total. The zero-order valence-corrected chi connectivity index (χ0v) is 10.2. The van der Waals surface area contributed by atoms with Crippen molar-refractivity contribution in [2.24, 2.45) is 0 Å². The Morgan fingerprint density at radius 1 is 1.12 bits per heavy atom. The molecule has 2 N–H and O–H groups in total. The quantitative estimate of drug-likeness (QED) is 0.910. The van der Waals surface area contributed by atoms with Crippen molar-refractivity contribution >= 4 is 33.4 Å². The van der Waals surface area contributed by atoms with Crippen molar-refractivity contribution in [2.45, 2.75) is 0 Å². The molecule has 0 aliphatic rings. The number of benzene rings is 1. The van der Waals surface area contributed by atoms with Gasteiger partial charge in [-0.1, -0.05) is 15.9 Å². The maximum atomic E-state index is 10.6. The fourth-order valence-electron chi connectivity index (χ4n) is 1.19. The molecule has 0 spiro atoms. The van der Waals surface area contributed by atoms with Crippen LogP contribution in [0.15, 0.2) is 40.9 Å². The van der Waals surface area contributed by atoms with Gasteiger partial charge in [0.1, 0.15) is 0 Å². The summed E-state index contributed by atoms with van der Waals surface area (Å²) in [6.45, 7) is 0. The molecule has 0 aliphatic heterocycles. The molecule has 0 fully saturated rings. The molecule has 1 aromatic carbocycles. The third-order valence-corrected chi connectivity index (χ3v) is 2.53. The van der Waals surface area contributed by atoms with Gasteiger partial charge in [-0.2, -0.15) is 0 Å². The number of aromatic nitrogens is 2. The number of nitrogens with zero attached hydrogens (tertiary/aromatic N) is 2. The lowest BCUT2D eigenvalue weighted by Crippen LogP contribution is -2.03. The molecule has 1 aromatic heterocycles. The first-order chi connectivity index (χ1) is 8.15. The average Bonchev–Trinajstić information content (AvgIpc) is 2.33. The van der Waals surface area contributed by atoms with Crippen molar-refractivity contribution in [1.82, 2.24) is 10.2 Å². The Bertz CT molecular complexity index is 525. The lowest BCUT2D eigenvalue weighted by molar-refractivity contribution is 0.0689. The van der Waals surface area contributed by atoms with E-state index in [2.05, 4.69) is 31.4 Å². The van der Waals surface area contributed by atoms with Crippen LogP contribution < -0.4 is 5.32 Å². The van der Waals surface area contributed by atoms with Crippen molar-refractivity contribution in [1.29, 1.82) is 0 Å². The van der Waals surface area contributed by atoms with Gasteiger partial charge in [0, 0.05) is 10.2 Å². The van der Waals surface area contributed by atoms with E-state index in [1.54, 1.807) is 6.07 Å². The van der Waals surface area contributed by atoms with Gasteiger partial charge >= 0.3 is 5.97 Å². The van der Waals surface area contributed by atoms with E-state index in [0.717, 1.165) is 10.2 Å². The minimum absolute atomic E-state index is 0.0774. The van der Waals surface area contributed by atoms with Crippen molar-refractivity contribution in [3.63, 3.8) is 0 Å². The van der Waals surface area contributed by atoms with E-state index < -0.39 is 5.97 Å². The summed E-state index contributed by atoms with van der Waals surface area (Å²) >= 11 is 3.34. The molecule has 0 saturated heterocycles. The Kier molecular flexibility index (Phi) is 3.34. The fourth-order valence-corrected chi connectivity index (χ4v) is 1.46. The molecule has 0 amide bonds. The highest BCUT2D eigenvalue weighted by Gasteiger charge is 2.04. The predicted molar refractivity (Wildman–Crippen MR) is 66.4 cm³/mol. The van der Waals surface area contributed by atoms with E-state index in [0.29, 0.717) is 5.82 Å². The van der Waals surface area contributed by atoms with Gasteiger partial charge in [0.15, 0.2) is 11.5 Å². The summed E-state index contributed by atoms with van der Waals surface area (Å²) in [5, 5.41) is 19.0. The van der Waals surface area contributed by atoms with Crippen LogP contribution in [0.25, 0.3) is 0 Å². The molecule has 2 aromatic rings. The van der Waals surface area contributed by atoms with Gasteiger partial charge in [-0.05, 0) is 36.4 Å². The van der Waals surface area contributed by atoms with E-state index in [-0.39, 0.29) is 5.69 Å². The zero-order valence-electron chi connectivity index (χ0n) is 8.59. The van der Waals surface area contributed by atoms with Gasteiger partial charge in [-0.15, -0.1) is 10.2 Å². The number of carbonyl (C=O) groups is 1. The molecule has 2 rings (SSSR count). The summed E-state index contributed by atoms with van der Waals surface area (Å²) in [6.07, 6.45) is 0. The van der Waals surface area contributed by atoms with Crippen LogP contribution in [0.5, 0.6) is 0 Å². The number of hydrogen-bond acceptors (Lipinski definition) is 4. The third kappa shape index (κ3) is 3.01. The number of anilines is 2. The first-order valence-corrected chi connectivity index (χ1v) is 5.54. The standard InChI is InChI=1S/C11H8BrN3O2/c12-7-1-3-8(4-2-7)13-10-6-5-9(11(16)17)14-15-10/h1-6H,(H,13,15)(H,16,17). The van der Waals surface area contributed by atoms with Crippen LogP contribution in [0.3, 0.4) is 0 Å². The number of nitrogens with one attached hydrogen (secondary N) is 1. The van der Waals surface area contributed by atoms with Crippen molar-refractivity contribution in [3.05, 3.63) is 46.6 Å². The van der Waals surface area contributed by atoms with Crippen molar-refractivity contribution in [2.75, 3.05) is 5.32 Å². The lowest BCUT2D eigenvalue weighted by atomic mass is 10.3. The van der Waals surface area contributed by atoms with Gasteiger partial charge in [0.2, 0.25) is 0 Å². The summed E-state index contributed by atoms with van der Waals surface area (Å²) in [5.41, 5.74) is 0.775. The second-order valence-electron chi connectivity index (χ2n) is 3.24. The normalized spacial score (nSPS) is 9.94. The van der Waals surface area contributed by atoms with Crippen LogP contribution in [0.2, 0.25) is 0 Å². The fraction of sp³-hybridized carbons (Fsp3) is 0. The van der Waals surface area contributed by atoms with E-state index in [9.17, 15) is 4.79 Å². The maximum Gasteiger partial charge on any atom is 0.356 e. The van der Waals surface area contributed by atoms with Gasteiger partial charge in [-0.25, -0.2) is 4.79 Å². The summed E-state index contributed by atoms with van der Waals surface area (Å²) < 4.78 is 0.982. The van der Waals surface area contributed by atoms with Gasteiger partial charge in [0.05, 0.1) is 0 Å². The first kappa shape index (κ1) is 11.5. The number of halogens is 1. The molecule has 0 aliphatic carbocycles.